The van der Waals surface area contributed by atoms with E-state index in [0.717, 1.165) is 17.1 Å². The number of hydrogen-bond donors (Lipinski definition) is 0. The number of benzene rings is 3. The predicted molar refractivity (Wildman–Crippen MR) is 107 cm³/mol. The molecule has 2 heteroatoms. The topological polar surface area (TPSA) is 18.5 Å². The number of hydrogen-bond acceptors (Lipinski definition) is 2. The summed E-state index contributed by atoms with van der Waals surface area (Å²) in [5, 5.41) is 0. The van der Waals surface area contributed by atoms with Crippen LogP contribution >= 0.6 is 0 Å². The lowest BCUT2D eigenvalue weighted by Gasteiger charge is -2.13. The Morgan fingerprint density at radius 1 is 0.520 bits per heavy atom. The Balaban J connectivity index is 0.000000730. The Bertz CT molecular complexity index is 707. The van der Waals surface area contributed by atoms with Gasteiger partial charge in [-0.15, -0.1) is 0 Å². The van der Waals surface area contributed by atoms with Gasteiger partial charge in [0.05, 0.1) is 0 Å². The molecule has 0 N–H and O–H groups in total. The standard InChI is InChI=1S/C19H16O2.2C2H6/c1-15-12-13-18(20-16-8-4-2-5-9-16)19(14-15)21-17-10-6-3-7-11-17;2*1-2/h2-14H,1H3;2*1-2H3. The summed E-state index contributed by atoms with van der Waals surface area (Å²) >= 11 is 0. The molecule has 0 heterocycles. The van der Waals surface area contributed by atoms with Gasteiger partial charge in [-0.25, -0.2) is 0 Å². The molecule has 0 bridgehead atoms. The van der Waals surface area contributed by atoms with Crippen molar-refractivity contribution in [2.45, 2.75) is 34.6 Å². The van der Waals surface area contributed by atoms with Crippen LogP contribution in [0.2, 0.25) is 0 Å². The van der Waals surface area contributed by atoms with Crippen molar-refractivity contribution in [2.24, 2.45) is 0 Å². The highest BCUT2D eigenvalue weighted by molar-refractivity contribution is 5.47. The zero-order valence-electron chi connectivity index (χ0n) is 15.8. The van der Waals surface area contributed by atoms with Crippen LogP contribution < -0.4 is 9.47 Å². The van der Waals surface area contributed by atoms with Crippen molar-refractivity contribution in [2.75, 3.05) is 0 Å². The first-order valence-electron chi connectivity index (χ1n) is 8.88. The molecular weight excluding hydrogens is 308 g/mol. The van der Waals surface area contributed by atoms with E-state index in [2.05, 4.69) is 0 Å². The fourth-order valence-electron chi connectivity index (χ4n) is 2.01. The van der Waals surface area contributed by atoms with E-state index in [9.17, 15) is 0 Å². The minimum absolute atomic E-state index is 0.704. The van der Waals surface area contributed by atoms with Crippen LogP contribution in [-0.2, 0) is 0 Å². The van der Waals surface area contributed by atoms with Gasteiger partial charge in [0.25, 0.3) is 0 Å². The van der Waals surface area contributed by atoms with Crippen molar-refractivity contribution in [3.8, 4) is 23.0 Å². The van der Waals surface area contributed by atoms with Crippen LogP contribution in [-0.4, -0.2) is 0 Å². The predicted octanol–water partition coefficient (Wildman–Crippen LogP) is 7.63. The summed E-state index contributed by atoms with van der Waals surface area (Å²) in [6.45, 7) is 10.0. The summed E-state index contributed by atoms with van der Waals surface area (Å²) in [5.41, 5.74) is 1.13. The van der Waals surface area contributed by atoms with Crippen molar-refractivity contribution >= 4 is 0 Å². The van der Waals surface area contributed by atoms with Crippen molar-refractivity contribution in [1.29, 1.82) is 0 Å². The lowest BCUT2D eigenvalue weighted by Crippen LogP contribution is -1.91. The monoisotopic (exact) mass is 336 g/mol. The molecule has 0 radical (unpaired) electrons. The Kier molecular flexibility index (Phi) is 9.54. The number of rotatable bonds is 4. The molecule has 0 fully saturated rings. The van der Waals surface area contributed by atoms with Gasteiger partial charge in [-0.05, 0) is 48.9 Å². The summed E-state index contributed by atoms with van der Waals surface area (Å²) < 4.78 is 11.8. The van der Waals surface area contributed by atoms with Gasteiger partial charge in [0, 0.05) is 0 Å². The van der Waals surface area contributed by atoms with Crippen LogP contribution in [0, 0.1) is 6.92 Å². The SMILES string of the molecule is CC.CC.Cc1ccc(Oc2ccccc2)c(Oc2ccccc2)c1. The molecule has 25 heavy (non-hydrogen) atoms. The minimum Gasteiger partial charge on any atom is -0.453 e. The molecular formula is C23H28O2. The first-order valence-corrected chi connectivity index (χ1v) is 8.88. The van der Waals surface area contributed by atoms with E-state index >= 15 is 0 Å². The van der Waals surface area contributed by atoms with E-state index in [1.165, 1.54) is 0 Å². The first-order chi connectivity index (χ1) is 12.3. The molecule has 0 saturated heterocycles. The molecule has 0 atom stereocenters. The highest BCUT2D eigenvalue weighted by atomic mass is 16.5. The van der Waals surface area contributed by atoms with Crippen molar-refractivity contribution < 1.29 is 9.47 Å². The van der Waals surface area contributed by atoms with Crippen LogP contribution in [0.3, 0.4) is 0 Å². The fraction of sp³-hybridized carbons (Fsp3) is 0.217. The lowest BCUT2D eigenvalue weighted by molar-refractivity contribution is 0.418. The zero-order chi connectivity index (χ0) is 18.5. The van der Waals surface area contributed by atoms with Crippen LogP contribution in [0.1, 0.15) is 33.3 Å². The molecule has 0 aromatic heterocycles. The van der Waals surface area contributed by atoms with Crippen molar-refractivity contribution in [3.05, 3.63) is 84.4 Å². The van der Waals surface area contributed by atoms with E-state index in [1.54, 1.807) is 0 Å². The van der Waals surface area contributed by atoms with E-state index < -0.39 is 0 Å². The average molecular weight is 336 g/mol. The van der Waals surface area contributed by atoms with Gasteiger partial charge in [0.15, 0.2) is 11.5 Å². The maximum atomic E-state index is 5.94. The maximum Gasteiger partial charge on any atom is 0.170 e. The van der Waals surface area contributed by atoms with Gasteiger partial charge in [0.2, 0.25) is 0 Å². The second-order valence-corrected chi connectivity index (χ2v) is 4.78. The molecule has 3 aromatic carbocycles. The number of aryl methyl sites for hydroxylation is 1. The van der Waals surface area contributed by atoms with Crippen LogP contribution in [0.5, 0.6) is 23.0 Å². The highest BCUT2D eigenvalue weighted by Crippen LogP contribution is 2.35. The van der Waals surface area contributed by atoms with Crippen molar-refractivity contribution in [1.82, 2.24) is 0 Å². The fourth-order valence-corrected chi connectivity index (χ4v) is 2.01. The first kappa shape index (κ1) is 20.3. The van der Waals surface area contributed by atoms with Crippen LogP contribution in [0.15, 0.2) is 78.9 Å². The summed E-state index contributed by atoms with van der Waals surface area (Å²) in [5.74, 6) is 3.00. The smallest absolute Gasteiger partial charge is 0.170 e. The van der Waals surface area contributed by atoms with Crippen LogP contribution in [0.25, 0.3) is 0 Å². The van der Waals surface area contributed by atoms with E-state index in [1.807, 2.05) is 113 Å². The molecule has 0 aliphatic rings. The van der Waals surface area contributed by atoms with Gasteiger partial charge in [-0.1, -0.05) is 70.2 Å². The number of ether oxygens (including phenoxy) is 2. The molecule has 0 spiro atoms. The second-order valence-electron chi connectivity index (χ2n) is 4.78. The molecule has 0 amide bonds. The van der Waals surface area contributed by atoms with Crippen LogP contribution in [0.4, 0.5) is 0 Å². The van der Waals surface area contributed by atoms with Gasteiger partial charge < -0.3 is 9.47 Å². The third-order valence-corrected chi connectivity index (χ3v) is 3.04. The third kappa shape index (κ3) is 6.72. The van der Waals surface area contributed by atoms with Gasteiger partial charge in [0.1, 0.15) is 11.5 Å². The Morgan fingerprint density at radius 2 is 0.960 bits per heavy atom. The van der Waals surface area contributed by atoms with E-state index in [0.29, 0.717) is 11.5 Å². The van der Waals surface area contributed by atoms with Crippen molar-refractivity contribution in [3.63, 3.8) is 0 Å². The van der Waals surface area contributed by atoms with Gasteiger partial charge in [-0.2, -0.15) is 0 Å². The Hall–Kier alpha value is -2.74. The Labute approximate surface area is 152 Å². The maximum absolute atomic E-state index is 5.94. The number of para-hydroxylation sites is 2. The molecule has 0 aliphatic carbocycles. The molecule has 3 aromatic rings. The minimum atomic E-state index is 0.704. The quantitative estimate of drug-likeness (QED) is 0.487. The summed E-state index contributed by atoms with van der Waals surface area (Å²) in [6.07, 6.45) is 0. The van der Waals surface area contributed by atoms with E-state index in [4.69, 9.17) is 9.47 Å². The molecule has 132 valence electrons. The molecule has 0 aliphatic heterocycles. The normalized spacial score (nSPS) is 9.00. The zero-order valence-corrected chi connectivity index (χ0v) is 15.8. The van der Waals surface area contributed by atoms with Gasteiger partial charge in [-0.3, -0.25) is 0 Å². The lowest BCUT2D eigenvalue weighted by atomic mass is 10.2. The van der Waals surface area contributed by atoms with E-state index in [-0.39, 0.29) is 0 Å². The highest BCUT2D eigenvalue weighted by Gasteiger charge is 2.08. The summed E-state index contributed by atoms with van der Waals surface area (Å²) in [4.78, 5) is 0. The van der Waals surface area contributed by atoms with Gasteiger partial charge >= 0.3 is 0 Å². The molecule has 3 rings (SSSR count). The second kappa shape index (κ2) is 11.7. The summed E-state index contributed by atoms with van der Waals surface area (Å²) in [7, 11) is 0. The average Bonchev–Trinajstić information content (AvgIpc) is 2.69. The largest absolute Gasteiger partial charge is 0.453 e. The molecule has 0 saturated carbocycles. The molecule has 0 unspecified atom stereocenters. The third-order valence-electron chi connectivity index (χ3n) is 3.04. The Morgan fingerprint density at radius 3 is 1.44 bits per heavy atom. The summed E-state index contributed by atoms with van der Waals surface area (Å²) in [6, 6.07) is 25.3. The molecule has 2 nitrogen and oxygen atoms in total.